The second-order valence-corrected chi connectivity index (χ2v) is 11.7. The molecule has 3 heterocycles. The molecule has 0 radical (unpaired) electrons. The van der Waals surface area contributed by atoms with Gasteiger partial charge in [-0.1, -0.05) is 33.3 Å². The number of nitrogens with zero attached hydrogens (tertiary/aromatic N) is 3. The molecule has 1 aliphatic heterocycles. The van der Waals surface area contributed by atoms with Crippen molar-refractivity contribution in [1.82, 2.24) is 9.97 Å². The Bertz CT molecular complexity index is 1570. The number of phenolic OH excluding ortho intramolecular Hbond substituents is 1. The van der Waals surface area contributed by atoms with Crippen molar-refractivity contribution in [2.24, 2.45) is 5.41 Å². The number of amides is 1. The summed E-state index contributed by atoms with van der Waals surface area (Å²) in [7, 11) is 0. The summed E-state index contributed by atoms with van der Waals surface area (Å²) in [4.78, 5) is 24.0. The molecule has 0 bridgehead atoms. The second kappa shape index (κ2) is 11.7. The third kappa shape index (κ3) is 5.95. The van der Waals surface area contributed by atoms with Gasteiger partial charge in [-0.25, -0.2) is 9.37 Å². The van der Waals surface area contributed by atoms with Crippen LogP contribution in [0.5, 0.6) is 11.5 Å². The number of nitrogens with one attached hydrogen (secondary N) is 1. The van der Waals surface area contributed by atoms with Crippen molar-refractivity contribution in [3.05, 3.63) is 106 Å². The van der Waals surface area contributed by atoms with Gasteiger partial charge in [0.25, 0.3) is 5.91 Å². The molecule has 0 aliphatic carbocycles. The first-order valence-corrected chi connectivity index (χ1v) is 14.4. The number of thiophene rings is 1. The minimum Gasteiger partial charge on any atom is -0.506 e. The molecule has 0 fully saturated rings. The van der Waals surface area contributed by atoms with Crippen molar-refractivity contribution in [2.45, 2.75) is 53.2 Å². The van der Waals surface area contributed by atoms with Gasteiger partial charge in [-0.2, -0.15) is 11.3 Å². The molecule has 2 N–H and O–H groups in total. The zero-order chi connectivity index (χ0) is 29.1. The molecule has 0 unspecified atom stereocenters. The lowest BCUT2D eigenvalue weighted by Crippen LogP contribution is -2.36. The number of aromatic hydroxyl groups is 1. The molecule has 9 heteroatoms. The molecule has 212 valence electrons. The topological polar surface area (TPSA) is 87.6 Å². The molecule has 1 amide bonds. The van der Waals surface area contributed by atoms with Crippen molar-refractivity contribution in [2.75, 3.05) is 10.2 Å². The van der Waals surface area contributed by atoms with Crippen LogP contribution in [0.3, 0.4) is 0 Å². The average molecular weight is 573 g/mol. The summed E-state index contributed by atoms with van der Waals surface area (Å²) in [5.41, 5.74) is 3.67. The zero-order valence-corrected chi connectivity index (χ0v) is 24.3. The summed E-state index contributed by atoms with van der Waals surface area (Å²) >= 11 is 1.57. The largest absolute Gasteiger partial charge is 0.506 e. The molecule has 5 rings (SSSR count). The van der Waals surface area contributed by atoms with Gasteiger partial charge in [0.2, 0.25) is 0 Å². The first kappa shape index (κ1) is 28.3. The van der Waals surface area contributed by atoms with Gasteiger partial charge in [0.1, 0.15) is 35.3 Å². The summed E-state index contributed by atoms with van der Waals surface area (Å²) in [6.07, 6.45) is 5.84. The van der Waals surface area contributed by atoms with E-state index in [2.05, 4.69) is 36.1 Å². The molecule has 0 saturated carbocycles. The molecular formula is C32H33FN4O3S. The van der Waals surface area contributed by atoms with Crippen LogP contribution in [-0.4, -0.2) is 21.0 Å². The number of allylic oxidation sites excluding steroid dienone is 1. The summed E-state index contributed by atoms with van der Waals surface area (Å²) in [6.45, 7) is 8.66. The van der Waals surface area contributed by atoms with Gasteiger partial charge in [-0.05, 0) is 71.0 Å². The molecular weight excluding hydrogens is 539 g/mol. The molecule has 1 aliphatic rings. The maximum absolute atomic E-state index is 16.1. The fraction of sp³-hybridized carbons (Fsp3) is 0.281. The Kier molecular flexibility index (Phi) is 8.08. The smallest absolute Gasteiger partial charge is 0.279 e. The van der Waals surface area contributed by atoms with Crippen molar-refractivity contribution in [1.29, 1.82) is 0 Å². The quantitative estimate of drug-likeness (QED) is 0.209. The highest BCUT2D eigenvalue weighted by molar-refractivity contribution is 7.07. The molecule has 4 aromatic rings. The number of ether oxygens (including phenoxy) is 1. The lowest BCUT2D eigenvalue weighted by Gasteiger charge is -2.33. The Morgan fingerprint density at radius 3 is 2.73 bits per heavy atom. The van der Waals surface area contributed by atoms with Crippen LogP contribution < -0.4 is 15.0 Å². The van der Waals surface area contributed by atoms with Crippen LogP contribution in [0.25, 0.3) is 0 Å². The third-order valence-electron chi connectivity index (χ3n) is 7.57. The summed E-state index contributed by atoms with van der Waals surface area (Å²) in [6, 6.07) is 10.8. The summed E-state index contributed by atoms with van der Waals surface area (Å²) < 4.78 is 21.9. The predicted octanol–water partition coefficient (Wildman–Crippen LogP) is 7.88. The highest BCUT2D eigenvalue weighted by atomic mass is 32.1. The van der Waals surface area contributed by atoms with E-state index < -0.39 is 17.8 Å². The minimum absolute atomic E-state index is 0.0163. The van der Waals surface area contributed by atoms with Gasteiger partial charge in [-0.3, -0.25) is 14.7 Å². The molecule has 0 spiro atoms. The standard InChI is InChI=1S/C32H33FN4O3S/c1-5-32(3,4)16-25-20(2)30(23-10-9-22(15-24(23)33)40-18-21-11-14-41-19-21)37(31(39)26-17-34-12-13-35-26)27-7-6-8-28(38)29(27)36-25/h6-15,17,19,30,36,38H,5,16,18H2,1-4H3/t30-/m1/s1. The lowest BCUT2D eigenvalue weighted by atomic mass is 9.83. The van der Waals surface area contributed by atoms with Crippen LogP contribution >= 0.6 is 11.3 Å². The molecule has 41 heavy (non-hydrogen) atoms. The number of hydrogen-bond acceptors (Lipinski definition) is 7. The lowest BCUT2D eigenvalue weighted by molar-refractivity contribution is 0.0974. The normalized spacial score (nSPS) is 15.2. The van der Waals surface area contributed by atoms with E-state index in [1.54, 1.807) is 41.7 Å². The van der Waals surface area contributed by atoms with Gasteiger partial charge in [0.05, 0.1) is 17.9 Å². The second-order valence-electron chi connectivity index (χ2n) is 10.9. The van der Waals surface area contributed by atoms with Crippen LogP contribution in [0, 0.1) is 11.2 Å². The van der Waals surface area contributed by atoms with Crippen LogP contribution in [0.2, 0.25) is 0 Å². The Balaban J connectivity index is 1.67. The number of hydrogen-bond donors (Lipinski definition) is 2. The van der Waals surface area contributed by atoms with Gasteiger partial charge in [0.15, 0.2) is 0 Å². The number of para-hydroxylation sites is 1. The van der Waals surface area contributed by atoms with E-state index in [0.717, 1.165) is 23.3 Å². The maximum Gasteiger partial charge on any atom is 0.279 e. The van der Waals surface area contributed by atoms with Crippen LogP contribution in [-0.2, 0) is 6.61 Å². The Hall–Kier alpha value is -4.24. The third-order valence-corrected chi connectivity index (χ3v) is 8.30. The SMILES string of the molecule is CCC(C)(C)CC1=C(C)[C@H](c2ccc(OCc3ccsc3)cc2F)N(C(=O)c2cnccn2)c2cccc(O)c2N1. The number of aromatic nitrogens is 2. The van der Waals surface area contributed by atoms with Gasteiger partial charge < -0.3 is 15.2 Å². The van der Waals surface area contributed by atoms with Gasteiger partial charge in [-0.15, -0.1) is 0 Å². The van der Waals surface area contributed by atoms with E-state index in [1.165, 1.54) is 29.6 Å². The van der Waals surface area contributed by atoms with Crippen LogP contribution in [0.1, 0.15) is 68.2 Å². The Labute approximate surface area is 243 Å². The first-order chi connectivity index (χ1) is 19.7. The van der Waals surface area contributed by atoms with E-state index in [-0.39, 0.29) is 16.9 Å². The number of carbonyl (C=O) groups is 1. The van der Waals surface area contributed by atoms with Crippen molar-refractivity contribution in [3.8, 4) is 11.5 Å². The Morgan fingerprint density at radius 1 is 1.22 bits per heavy atom. The highest BCUT2D eigenvalue weighted by Crippen LogP contribution is 2.48. The fourth-order valence-electron chi connectivity index (χ4n) is 4.88. The molecule has 0 saturated heterocycles. The van der Waals surface area contributed by atoms with E-state index >= 15 is 4.39 Å². The van der Waals surface area contributed by atoms with Crippen molar-refractivity contribution in [3.63, 3.8) is 0 Å². The van der Waals surface area contributed by atoms with E-state index in [4.69, 9.17) is 4.74 Å². The number of halogens is 1. The van der Waals surface area contributed by atoms with Crippen LogP contribution in [0.4, 0.5) is 15.8 Å². The molecule has 7 nitrogen and oxygen atoms in total. The minimum atomic E-state index is -0.839. The number of anilines is 2. The number of fused-ring (bicyclic) bond motifs is 1. The number of rotatable bonds is 8. The van der Waals surface area contributed by atoms with E-state index in [9.17, 15) is 9.90 Å². The monoisotopic (exact) mass is 572 g/mol. The highest BCUT2D eigenvalue weighted by Gasteiger charge is 2.38. The molecule has 1 atom stereocenters. The van der Waals surface area contributed by atoms with Crippen LogP contribution in [0.15, 0.2) is 83.1 Å². The van der Waals surface area contributed by atoms with Crippen molar-refractivity contribution < 1.29 is 19.0 Å². The summed E-state index contributed by atoms with van der Waals surface area (Å²) in [5, 5.41) is 18.3. The fourth-order valence-corrected chi connectivity index (χ4v) is 5.54. The van der Waals surface area contributed by atoms with Gasteiger partial charge >= 0.3 is 0 Å². The zero-order valence-electron chi connectivity index (χ0n) is 23.5. The summed E-state index contributed by atoms with van der Waals surface area (Å²) in [5.74, 6) is -0.600. The van der Waals surface area contributed by atoms with Crippen molar-refractivity contribution >= 4 is 28.6 Å². The van der Waals surface area contributed by atoms with E-state index in [1.807, 2.05) is 23.8 Å². The number of carbonyl (C=O) groups excluding carboxylic acids is 1. The molecule has 2 aromatic carbocycles. The van der Waals surface area contributed by atoms with Gasteiger partial charge in [0, 0.05) is 29.7 Å². The average Bonchev–Trinajstić information content (AvgIpc) is 3.46. The predicted molar refractivity (Wildman–Crippen MR) is 160 cm³/mol. The van der Waals surface area contributed by atoms with E-state index in [0.29, 0.717) is 35.7 Å². The number of benzene rings is 2. The number of phenols is 1. The Morgan fingerprint density at radius 2 is 2.05 bits per heavy atom. The first-order valence-electron chi connectivity index (χ1n) is 13.5. The maximum atomic E-state index is 16.1. The molecule has 2 aromatic heterocycles.